The van der Waals surface area contributed by atoms with E-state index in [1.165, 1.54) is 19.2 Å². The maximum atomic E-state index is 12.5. The van der Waals surface area contributed by atoms with Gasteiger partial charge in [-0.25, -0.2) is 13.1 Å². The number of hydrogen-bond acceptors (Lipinski definition) is 4. The van der Waals surface area contributed by atoms with Crippen LogP contribution in [0.1, 0.15) is 11.3 Å². The number of aromatic nitrogens is 2. The van der Waals surface area contributed by atoms with Gasteiger partial charge in [-0.05, 0) is 30.7 Å². The maximum absolute atomic E-state index is 12.5. The molecule has 0 spiro atoms. The van der Waals surface area contributed by atoms with Crippen LogP contribution in [0.25, 0.3) is 0 Å². The Morgan fingerprint density at radius 3 is 2.58 bits per heavy atom. The van der Waals surface area contributed by atoms with E-state index in [-0.39, 0.29) is 23.7 Å². The highest BCUT2D eigenvalue weighted by atomic mass is 32.2. The minimum atomic E-state index is -4.53. The molecule has 2 aromatic rings. The Morgan fingerprint density at radius 2 is 2.00 bits per heavy atom. The van der Waals surface area contributed by atoms with E-state index in [1.54, 1.807) is 13.0 Å². The molecule has 6 nitrogen and oxygen atoms in total. The van der Waals surface area contributed by atoms with E-state index in [4.69, 9.17) is 4.74 Å². The summed E-state index contributed by atoms with van der Waals surface area (Å²) < 4.78 is 70.4. The molecule has 24 heavy (non-hydrogen) atoms. The van der Waals surface area contributed by atoms with E-state index < -0.39 is 21.9 Å². The quantitative estimate of drug-likeness (QED) is 0.854. The van der Waals surface area contributed by atoms with Crippen LogP contribution < -0.4 is 9.46 Å². The summed E-state index contributed by atoms with van der Waals surface area (Å²) in [4.78, 5) is -0.0264. The van der Waals surface area contributed by atoms with Crippen LogP contribution >= 0.6 is 0 Å². The number of ether oxygens (including phenoxy) is 1. The molecule has 0 amide bonds. The van der Waals surface area contributed by atoms with Gasteiger partial charge in [-0.3, -0.25) is 4.68 Å². The SMILES string of the molecule is COc1ccc(C)cc1S(=O)(=O)NCCn1ccc(C(F)(F)F)n1. The van der Waals surface area contributed by atoms with E-state index in [1.807, 2.05) is 0 Å². The number of aryl methyl sites for hydroxylation is 1. The minimum Gasteiger partial charge on any atom is -0.495 e. The van der Waals surface area contributed by atoms with Crippen LogP contribution in [0.4, 0.5) is 13.2 Å². The van der Waals surface area contributed by atoms with Crippen LogP contribution in [0.5, 0.6) is 5.75 Å². The van der Waals surface area contributed by atoms with Crippen molar-refractivity contribution in [3.8, 4) is 5.75 Å². The number of methoxy groups -OCH3 is 1. The van der Waals surface area contributed by atoms with E-state index in [0.29, 0.717) is 0 Å². The molecule has 0 aliphatic rings. The summed E-state index contributed by atoms with van der Waals surface area (Å²) in [5, 5.41) is 3.35. The standard InChI is InChI=1S/C14H16F3N3O3S/c1-10-3-4-11(23-2)12(9-10)24(21,22)18-6-8-20-7-5-13(19-20)14(15,16)17/h3-5,7,9,18H,6,8H2,1-2H3. The molecule has 0 aliphatic heterocycles. The third-order valence-corrected chi connectivity index (χ3v) is 4.65. The Hall–Kier alpha value is -2.07. The normalized spacial score (nSPS) is 12.4. The first kappa shape index (κ1) is 18.3. The first-order chi connectivity index (χ1) is 11.1. The number of halogens is 3. The lowest BCUT2D eigenvalue weighted by atomic mass is 10.2. The second kappa shape index (κ2) is 6.81. The van der Waals surface area contributed by atoms with E-state index >= 15 is 0 Å². The van der Waals surface area contributed by atoms with Crippen molar-refractivity contribution in [1.29, 1.82) is 0 Å². The molecule has 132 valence electrons. The second-order valence-electron chi connectivity index (χ2n) is 5.01. The number of nitrogens with one attached hydrogen (secondary N) is 1. The molecule has 0 saturated carbocycles. The van der Waals surface area contributed by atoms with E-state index in [9.17, 15) is 21.6 Å². The predicted octanol–water partition coefficient (Wildman–Crippen LogP) is 2.20. The van der Waals surface area contributed by atoms with Crippen molar-refractivity contribution in [2.45, 2.75) is 24.5 Å². The fourth-order valence-corrected chi connectivity index (χ4v) is 3.28. The lowest BCUT2D eigenvalue weighted by molar-refractivity contribution is -0.141. The average Bonchev–Trinajstić information content (AvgIpc) is 2.96. The molecule has 0 unspecified atom stereocenters. The van der Waals surface area contributed by atoms with Crippen molar-refractivity contribution in [3.63, 3.8) is 0 Å². The lowest BCUT2D eigenvalue weighted by Gasteiger charge is -2.11. The molecule has 1 aromatic heterocycles. The van der Waals surface area contributed by atoms with Crippen molar-refractivity contribution in [2.24, 2.45) is 0 Å². The number of hydrogen-bond donors (Lipinski definition) is 1. The number of benzene rings is 1. The van der Waals surface area contributed by atoms with Gasteiger partial charge >= 0.3 is 6.18 Å². The highest BCUT2D eigenvalue weighted by Gasteiger charge is 2.33. The topological polar surface area (TPSA) is 73.2 Å². The summed E-state index contributed by atoms with van der Waals surface area (Å²) in [6.45, 7) is 1.59. The van der Waals surface area contributed by atoms with Crippen LogP contribution in [-0.4, -0.2) is 31.9 Å². The van der Waals surface area contributed by atoms with Gasteiger partial charge in [0.2, 0.25) is 10.0 Å². The number of alkyl halides is 3. The van der Waals surface area contributed by atoms with Gasteiger partial charge in [0.25, 0.3) is 0 Å². The molecule has 2 rings (SSSR count). The Bertz CT molecular complexity index is 816. The summed E-state index contributed by atoms with van der Waals surface area (Å²) in [7, 11) is -2.50. The third kappa shape index (κ3) is 4.26. The van der Waals surface area contributed by atoms with Crippen LogP contribution in [0.3, 0.4) is 0 Å². The zero-order chi connectivity index (χ0) is 18.0. The molecule has 1 aromatic carbocycles. The molecule has 1 heterocycles. The number of nitrogens with zero attached hydrogens (tertiary/aromatic N) is 2. The van der Waals surface area contributed by atoms with Gasteiger partial charge in [-0.15, -0.1) is 0 Å². The Morgan fingerprint density at radius 1 is 1.29 bits per heavy atom. The van der Waals surface area contributed by atoms with Gasteiger partial charge in [-0.2, -0.15) is 18.3 Å². The van der Waals surface area contributed by atoms with Crippen LogP contribution in [0.2, 0.25) is 0 Å². The monoisotopic (exact) mass is 363 g/mol. The fraction of sp³-hybridized carbons (Fsp3) is 0.357. The minimum absolute atomic E-state index is 0.0264. The predicted molar refractivity (Wildman–Crippen MR) is 80.1 cm³/mol. The van der Waals surface area contributed by atoms with Crippen molar-refractivity contribution < 1.29 is 26.3 Å². The molecule has 10 heteroatoms. The van der Waals surface area contributed by atoms with Gasteiger partial charge in [0.15, 0.2) is 5.69 Å². The Balaban J connectivity index is 2.06. The van der Waals surface area contributed by atoms with Gasteiger partial charge in [0, 0.05) is 12.7 Å². The maximum Gasteiger partial charge on any atom is 0.435 e. The van der Waals surface area contributed by atoms with Crippen LogP contribution in [-0.2, 0) is 22.7 Å². The lowest BCUT2D eigenvalue weighted by Crippen LogP contribution is -2.28. The summed E-state index contributed by atoms with van der Waals surface area (Å²) in [6.07, 6.45) is -3.38. The zero-order valence-corrected chi connectivity index (χ0v) is 13.8. The largest absolute Gasteiger partial charge is 0.495 e. The summed E-state index contributed by atoms with van der Waals surface area (Å²) in [6, 6.07) is 5.53. The molecule has 0 radical (unpaired) electrons. The van der Waals surface area contributed by atoms with Crippen LogP contribution in [0.15, 0.2) is 35.4 Å². The van der Waals surface area contributed by atoms with Crippen molar-refractivity contribution in [1.82, 2.24) is 14.5 Å². The molecular formula is C14H16F3N3O3S. The molecule has 0 fully saturated rings. The van der Waals surface area contributed by atoms with Gasteiger partial charge in [0.05, 0.1) is 13.7 Å². The van der Waals surface area contributed by atoms with Gasteiger partial charge in [-0.1, -0.05) is 6.07 Å². The molecule has 0 atom stereocenters. The Kier molecular flexibility index (Phi) is 5.19. The van der Waals surface area contributed by atoms with Crippen LogP contribution in [0, 0.1) is 6.92 Å². The first-order valence-electron chi connectivity index (χ1n) is 6.88. The molecule has 0 saturated heterocycles. The highest BCUT2D eigenvalue weighted by Crippen LogP contribution is 2.27. The van der Waals surface area contributed by atoms with Gasteiger partial charge in [0.1, 0.15) is 10.6 Å². The van der Waals surface area contributed by atoms with Crippen molar-refractivity contribution in [2.75, 3.05) is 13.7 Å². The second-order valence-corrected chi connectivity index (χ2v) is 6.75. The highest BCUT2D eigenvalue weighted by molar-refractivity contribution is 7.89. The Labute approximate surface area is 137 Å². The molecule has 0 aliphatic carbocycles. The van der Waals surface area contributed by atoms with Gasteiger partial charge < -0.3 is 4.74 Å². The summed E-state index contributed by atoms with van der Waals surface area (Å²) in [5.74, 6) is 0.187. The smallest absolute Gasteiger partial charge is 0.435 e. The van der Waals surface area contributed by atoms with E-state index in [0.717, 1.165) is 22.5 Å². The zero-order valence-electron chi connectivity index (χ0n) is 13.0. The molecule has 0 bridgehead atoms. The summed E-state index contributed by atoms with van der Waals surface area (Å²) in [5.41, 5.74) is -0.288. The number of sulfonamides is 1. The first-order valence-corrected chi connectivity index (χ1v) is 8.37. The summed E-state index contributed by atoms with van der Waals surface area (Å²) >= 11 is 0. The van der Waals surface area contributed by atoms with E-state index in [2.05, 4.69) is 9.82 Å². The van der Waals surface area contributed by atoms with Crippen molar-refractivity contribution >= 4 is 10.0 Å². The molecular weight excluding hydrogens is 347 g/mol. The number of rotatable bonds is 6. The third-order valence-electron chi connectivity index (χ3n) is 3.17. The van der Waals surface area contributed by atoms with Crippen molar-refractivity contribution in [3.05, 3.63) is 41.7 Å². The fourth-order valence-electron chi connectivity index (χ4n) is 2.00. The average molecular weight is 363 g/mol. The molecule has 1 N–H and O–H groups in total.